The summed E-state index contributed by atoms with van der Waals surface area (Å²) in [5, 5.41) is 0. The van der Waals surface area contributed by atoms with Crippen LogP contribution in [0.1, 0.15) is 41.5 Å². The Labute approximate surface area is 101 Å². The van der Waals surface area contributed by atoms with Gasteiger partial charge in [0.25, 0.3) is 0 Å². The Bertz CT molecular complexity index is 198. The number of rotatable bonds is 1. The minimum absolute atomic E-state index is 0.109. The third-order valence-corrected chi connectivity index (χ3v) is 1.07. The van der Waals surface area contributed by atoms with Gasteiger partial charge in [0.15, 0.2) is 5.78 Å². The van der Waals surface area contributed by atoms with Crippen LogP contribution < -0.4 is 0 Å². The monoisotopic (exact) mass is 222 g/mol. The third kappa shape index (κ3) is 29.3. The van der Waals surface area contributed by atoms with E-state index in [9.17, 15) is 4.79 Å². The Morgan fingerprint density at radius 3 is 1.12 bits per heavy atom. The van der Waals surface area contributed by atoms with Crippen LogP contribution in [0.5, 0.6) is 0 Å². The maximum atomic E-state index is 9.96. The van der Waals surface area contributed by atoms with Crippen molar-refractivity contribution in [2.24, 2.45) is 0 Å². The van der Waals surface area contributed by atoms with Gasteiger partial charge in [-0.15, -0.1) is 0 Å². The van der Waals surface area contributed by atoms with E-state index in [-0.39, 0.29) is 5.78 Å². The van der Waals surface area contributed by atoms with Crippen molar-refractivity contribution in [3.63, 3.8) is 0 Å². The molecule has 1 nitrogen and oxygen atoms in total. The molecule has 0 bridgehead atoms. The second-order valence-corrected chi connectivity index (χ2v) is 2.27. The molecule has 92 valence electrons. The lowest BCUT2D eigenvalue weighted by Gasteiger charge is -1.69. The molecular formula is C15H26O. The highest BCUT2D eigenvalue weighted by Gasteiger charge is 1.73. The van der Waals surface area contributed by atoms with Crippen LogP contribution in [0.3, 0.4) is 0 Å². The van der Waals surface area contributed by atoms with Gasteiger partial charge in [-0.3, -0.25) is 4.79 Å². The molecule has 1 heteroatoms. The predicted octanol–water partition coefficient (Wildman–Crippen LogP) is 4.89. The van der Waals surface area contributed by atoms with Crippen molar-refractivity contribution in [2.45, 2.75) is 41.5 Å². The minimum atomic E-state index is 0.109. The highest BCUT2D eigenvalue weighted by atomic mass is 16.1. The molecule has 16 heavy (non-hydrogen) atoms. The van der Waals surface area contributed by atoms with Crippen molar-refractivity contribution in [3.05, 3.63) is 48.6 Å². The number of ketones is 1. The fraction of sp³-hybridized carbons (Fsp3) is 0.400. The van der Waals surface area contributed by atoms with Gasteiger partial charge in [0.2, 0.25) is 0 Å². The molecule has 0 atom stereocenters. The average Bonchev–Trinajstić information content (AvgIpc) is 2.37. The average molecular weight is 222 g/mol. The molecule has 0 saturated carbocycles. The molecule has 0 amide bonds. The van der Waals surface area contributed by atoms with E-state index in [1.54, 1.807) is 6.08 Å². The van der Waals surface area contributed by atoms with Crippen LogP contribution >= 0.6 is 0 Å². The van der Waals surface area contributed by atoms with Crippen LogP contribution in [0.15, 0.2) is 48.6 Å². The summed E-state index contributed by atoms with van der Waals surface area (Å²) in [7, 11) is 0. The first-order chi connectivity index (χ1) is 7.77. The Morgan fingerprint density at radius 2 is 1.06 bits per heavy atom. The lowest BCUT2D eigenvalue weighted by atomic mass is 10.4. The molecule has 0 spiro atoms. The number of benzene rings is 1. The highest BCUT2D eigenvalue weighted by Crippen LogP contribution is 1.79. The SMILES string of the molecule is C/C=C/C(C)=O.CC.CC.c1ccccc1. The molecule has 0 radical (unpaired) electrons. The van der Waals surface area contributed by atoms with E-state index >= 15 is 0 Å². The summed E-state index contributed by atoms with van der Waals surface area (Å²) < 4.78 is 0. The molecule has 1 rings (SSSR count). The van der Waals surface area contributed by atoms with E-state index < -0.39 is 0 Å². The Morgan fingerprint density at radius 1 is 0.812 bits per heavy atom. The Kier molecular flexibility index (Phi) is 29.4. The summed E-state index contributed by atoms with van der Waals surface area (Å²) in [6.07, 6.45) is 3.25. The number of hydrogen-bond donors (Lipinski definition) is 0. The van der Waals surface area contributed by atoms with Crippen LogP contribution in [-0.2, 0) is 4.79 Å². The standard InChI is InChI=1S/C6H6.C5H8O.2C2H6/c1-2-4-6-5-3-1;1-3-4-5(2)6;2*1-2/h1-6H;3-4H,1-2H3;2*1-2H3/b;4-3+;;. The maximum absolute atomic E-state index is 9.96. The van der Waals surface area contributed by atoms with Gasteiger partial charge in [0, 0.05) is 0 Å². The van der Waals surface area contributed by atoms with Crippen molar-refractivity contribution in [1.29, 1.82) is 0 Å². The topological polar surface area (TPSA) is 17.1 Å². The molecule has 0 aliphatic heterocycles. The number of carbonyl (C=O) groups is 1. The van der Waals surface area contributed by atoms with E-state index in [0.29, 0.717) is 0 Å². The molecule has 0 heterocycles. The van der Waals surface area contributed by atoms with Crippen LogP contribution in [0.4, 0.5) is 0 Å². The summed E-state index contributed by atoms with van der Waals surface area (Å²) in [6.45, 7) is 11.3. The van der Waals surface area contributed by atoms with E-state index in [0.717, 1.165) is 0 Å². The lowest BCUT2D eigenvalue weighted by molar-refractivity contribution is -0.112. The Hall–Kier alpha value is -1.37. The van der Waals surface area contributed by atoms with E-state index in [4.69, 9.17) is 0 Å². The minimum Gasteiger partial charge on any atom is -0.295 e. The first kappa shape index (κ1) is 20.1. The molecule has 1 aromatic rings. The summed E-state index contributed by atoms with van der Waals surface area (Å²) in [5.41, 5.74) is 0. The van der Waals surface area contributed by atoms with Gasteiger partial charge in [-0.1, -0.05) is 70.2 Å². The van der Waals surface area contributed by atoms with Gasteiger partial charge in [0.1, 0.15) is 0 Å². The van der Waals surface area contributed by atoms with Crippen molar-refractivity contribution in [1.82, 2.24) is 0 Å². The predicted molar refractivity (Wildman–Crippen MR) is 74.6 cm³/mol. The van der Waals surface area contributed by atoms with Gasteiger partial charge in [0.05, 0.1) is 0 Å². The molecular weight excluding hydrogens is 196 g/mol. The largest absolute Gasteiger partial charge is 0.295 e. The molecule has 0 aliphatic rings. The molecule has 0 unspecified atom stereocenters. The number of hydrogen-bond acceptors (Lipinski definition) is 1. The quantitative estimate of drug-likeness (QED) is 0.618. The van der Waals surface area contributed by atoms with Gasteiger partial charge in [-0.05, 0) is 19.9 Å². The first-order valence-electron chi connectivity index (χ1n) is 5.90. The molecule has 0 aliphatic carbocycles. The summed E-state index contributed by atoms with van der Waals surface area (Å²) in [4.78, 5) is 9.96. The molecule has 0 aromatic heterocycles. The van der Waals surface area contributed by atoms with E-state index in [2.05, 4.69) is 0 Å². The summed E-state index contributed by atoms with van der Waals surface area (Å²) >= 11 is 0. The van der Waals surface area contributed by atoms with Gasteiger partial charge < -0.3 is 0 Å². The smallest absolute Gasteiger partial charge is 0.152 e. The summed E-state index contributed by atoms with van der Waals surface area (Å²) in [5.74, 6) is 0.109. The van der Waals surface area contributed by atoms with Crippen molar-refractivity contribution < 1.29 is 4.79 Å². The lowest BCUT2D eigenvalue weighted by Crippen LogP contribution is -1.76. The van der Waals surface area contributed by atoms with Crippen LogP contribution in [0, 0.1) is 0 Å². The second kappa shape index (κ2) is 23.4. The molecule has 0 fully saturated rings. The fourth-order valence-electron chi connectivity index (χ4n) is 0.620. The second-order valence-electron chi connectivity index (χ2n) is 2.27. The van der Waals surface area contributed by atoms with E-state index in [1.165, 1.54) is 13.0 Å². The van der Waals surface area contributed by atoms with Gasteiger partial charge in [-0.25, -0.2) is 0 Å². The highest BCUT2D eigenvalue weighted by molar-refractivity contribution is 5.87. The fourth-order valence-corrected chi connectivity index (χ4v) is 0.620. The van der Waals surface area contributed by atoms with Crippen LogP contribution in [-0.4, -0.2) is 5.78 Å². The van der Waals surface area contributed by atoms with Gasteiger partial charge >= 0.3 is 0 Å². The van der Waals surface area contributed by atoms with E-state index in [1.807, 2.05) is 71.0 Å². The molecule has 1 aromatic carbocycles. The van der Waals surface area contributed by atoms with Crippen molar-refractivity contribution in [3.8, 4) is 0 Å². The number of allylic oxidation sites excluding steroid dienone is 2. The number of carbonyl (C=O) groups excluding carboxylic acids is 1. The third-order valence-electron chi connectivity index (χ3n) is 1.07. The molecule has 0 saturated heterocycles. The zero-order chi connectivity index (χ0) is 13.2. The summed E-state index contributed by atoms with van der Waals surface area (Å²) in [6, 6.07) is 12.0. The molecule has 0 N–H and O–H groups in total. The van der Waals surface area contributed by atoms with Crippen molar-refractivity contribution in [2.75, 3.05) is 0 Å². The maximum Gasteiger partial charge on any atom is 0.152 e. The Balaban J connectivity index is -0.000000162. The van der Waals surface area contributed by atoms with Crippen molar-refractivity contribution >= 4 is 5.78 Å². The van der Waals surface area contributed by atoms with Gasteiger partial charge in [-0.2, -0.15) is 0 Å². The zero-order valence-electron chi connectivity index (χ0n) is 11.5. The zero-order valence-corrected chi connectivity index (χ0v) is 11.5. The normalized spacial score (nSPS) is 7.38. The van der Waals surface area contributed by atoms with Crippen LogP contribution in [0.25, 0.3) is 0 Å². The first-order valence-corrected chi connectivity index (χ1v) is 5.90. The van der Waals surface area contributed by atoms with Crippen LogP contribution in [0.2, 0.25) is 0 Å².